The molecule has 2 saturated heterocycles. The van der Waals surface area contributed by atoms with Crippen molar-refractivity contribution in [1.29, 1.82) is 0 Å². The maximum Gasteiger partial charge on any atom is 0.215 e. The van der Waals surface area contributed by atoms with Crippen LogP contribution in [0.4, 0.5) is 0 Å². The average molecular weight is 307 g/mol. The van der Waals surface area contributed by atoms with E-state index < -0.39 is 10.8 Å². The van der Waals surface area contributed by atoms with Crippen LogP contribution in [0.1, 0.15) is 48.0 Å². The second kappa shape index (κ2) is 5.87. The molecule has 0 spiro atoms. The lowest BCUT2D eigenvalue weighted by molar-refractivity contribution is 0.0895. The number of hydrogen-bond acceptors (Lipinski definition) is 4. The van der Waals surface area contributed by atoms with Crippen LogP contribution in [0.3, 0.4) is 0 Å². The molecule has 2 aliphatic heterocycles. The number of aryl methyl sites for hydroxylation is 1. The molecule has 0 N–H and O–H groups in total. The molecule has 2 atom stereocenters. The van der Waals surface area contributed by atoms with Crippen LogP contribution in [0.25, 0.3) is 0 Å². The highest BCUT2D eigenvalue weighted by Crippen LogP contribution is 2.38. The van der Waals surface area contributed by atoms with Crippen LogP contribution in [-0.4, -0.2) is 32.6 Å². The molecule has 114 valence electrons. The monoisotopic (exact) mass is 307 g/mol. The van der Waals surface area contributed by atoms with Crippen LogP contribution < -0.4 is 4.74 Å². The van der Waals surface area contributed by atoms with Crippen molar-refractivity contribution in [3.63, 3.8) is 0 Å². The van der Waals surface area contributed by atoms with Gasteiger partial charge in [0.05, 0.1) is 7.11 Å². The first-order valence-corrected chi connectivity index (χ1v) is 8.82. The second-order valence-electron chi connectivity index (χ2n) is 6.09. The summed E-state index contributed by atoms with van der Waals surface area (Å²) in [6.07, 6.45) is 6.32. The van der Waals surface area contributed by atoms with E-state index in [-0.39, 0.29) is 22.2 Å². The fourth-order valence-electron chi connectivity index (χ4n) is 3.59. The summed E-state index contributed by atoms with van der Waals surface area (Å²) < 4.78 is 17.4. The van der Waals surface area contributed by atoms with E-state index in [9.17, 15) is 9.00 Å². The fraction of sp³-hybridized carbons (Fsp3) is 0.625. The Labute approximate surface area is 127 Å². The molecule has 21 heavy (non-hydrogen) atoms. The van der Waals surface area contributed by atoms with Crippen molar-refractivity contribution < 1.29 is 13.7 Å². The molecule has 3 heterocycles. The SMILES string of the molecule is COc1ncc(C(=O)C2CC3CCCC(C2)S3=O)cc1C. The van der Waals surface area contributed by atoms with Crippen molar-refractivity contribution in [1.82, 2.24) is 4.98 Å². The second-order valence-corrected chi connectivity index (χ2v) is 8.08. The highest BCUT2D eigenvalue weighted by atomic mass is 32.2. The molecule has 5 heteroatoms. The average Bonchev–Trinajstić information content (AvgIpc) is 2.46. The number of rotatable bonds is 3. The van der Waals surface area contributed by atoms with Gasteiger partial charge in [0.1, 0.15) is 0 Å². The number of Topliss-reactive ketones (excluding diaryl/α,β-unsaturated/α-hetero) is 1. The minimum absolute atomic E-state index is 0.00703. The number of carbonyl (C=O) groups is 1. The zero-order chi connectivity index (χ0) is 15.0. The van der Waals surface area contributed by atoms with Gasteiger partial charge in [-0.1, -0.05) is 6.42 Å². The van der Waals surface area contributed by atoms with Crippen LogP contribution in [0.5, 0.6) is 5.88 Å². The third-order valence-corrected chi connectivity index (χ3v) is 6.85. The van der Waals surface area contributed by atoms with Gasteiger partial charge < -0.3 is 4.74 Å². The standard InChI is InChI=1S/C16H21NO3S/c1-10-6-12(9-17-16(10)20-2)15(18)11-7-13-4-3-5-14(8-11)21(13)19/h6,9,11,13-14H,3-5,7-8H2,1-2H3. The molecule has 2 aliphatic rings. The molecule has 1 aromatic heterocycles. The van der Waals surface area contributed by atoms with E-state index in [2.05, 4.69) is 4.98 Å². The highest BCUT2D eigenvalue weighted by molar-refractivity contribution is 7.86. The zero-order valence-corrected chi connectivity index (χ0v) is 13.3. The van der Waals surface area contributed by atoms with Crippen molar-refractivity contribution in [3.8, 4) is 5.88 Å². The Morgan fingerprint density at radius 1 is 1.33 bits per heavy atom. The van der Waals surface area contributed by atoms with Crippen molar-refractivity contribution in [2.45, 2.75) is 49.5 Å². The molecule has 3 rings (SSSR count). The van der Waals surface area contributed by atoms with Gasteiger partial charge in [-0.15, -0.1) is 0 Å². The molecule has 0 aliphatic carbocycles. The van der Waals surface area contributed by atoms with E-state index in [1.54, 1.807) is 13.3 Å². The van der Waals surface area contributed by atoms with Gasteiger partial charge >= 0.3 is 0 Å². The molecular formula is C16H21NO3S. The Balaban J connectivity index is 1.79. The van der Waals surface area contributed by atoms with Crippen molar-refractivity contribution in [2.75, 3.05) is 7.11 Å². The smallest absolute Gasteiger partial charge is 0.215 e. The van der Waals surface area contributed by atoms with E-state index in [1.807, 2.05) is 13.0 Å². The highest BCUT2D eigenvalue weighted by Gasteiger charge is 2.40. The summed E-state index contributed by atoms with van der Waals surface area (Å²) in [4.78, 5) is 16.9. The van der Waals surface area contributed by atoms with Gasteiger partial charge in [0.25, 0.3) is 0 Å². The molecule has 0 aromatic carbocycles. The molecule has 0 radical (unpaired) electrons. The van der Waals surface area contributed by atoms with Crippen LogP contribution in [0, 0.1) is 12.8 Å². The molecule has 0 amide bonds. The van der Waals surface area contributed by atoms with Crippen LogP contribution in [-0.2, 0) is 10.8 Å². The topological polar surface area (TPSA) is 56.3 Å². The summed E-state index contributed by atoms with van der Waals surface area (Å²) in [5.74, 6) is 0.725. The summed E-state index contributed by atoms with van der Waals surface area (Å²) in [5.41, 5.74) is 1.53. The first-order valence-electron chi connectivity index (χ1n) is 7.54. The molecule has 2 unspecified atom stereocenters. The van der Waals surface area contributed by atoms with Crippen LogP contribution in [0.2, 0.25) is 0 Å². The summed E-state index contributed by atoms with van der Waals surface area (Å²) in [6, 6.07) is 1.86. The van der Waals surface area contributed by atoms with Gasteiger partial charge in [0, 0.05) is 44.5 Å². The van der Waals surface area contributed by atoms with Crippen molar-refractivity contribution >= 4 is 16.6 Å². The van der Waals surface area contributed by atoms with Gasteiger partial charge in [0.2, 0.25) is 5.88 Å². The Hall–Kier alpha value is -1.23. The third kappa shape index (κ3) is 2.76. The number of carbonyl (C=O) groups excluding carboxylic acids is 1. The fourth-order valence-corrected chi connectivity index (χ4v) is 5.78. The summed E-state index contributed by atoms with van der Waals surface area (Å²) in [6.45, 7) is 1.90. The number of methoxy groups -OCH3 is 1. The predicted molar refractivity (Wildman–Crippen MR) is 82.1 cm³/mol. The summed E-state index contributed by atoms with van der Waals surface area (Å²) in [7, 11) is 0.851. The van der Waals surface area contributed by atoms with E-state index in [0.29, 0.717) is 11.4 Å². The number of ether oxygens (including phenoxy) is 1. The minimum atomic E-state index is -0.727. The maximum atomic E-state index is 12.7. The first kappa shape index (κ1) is 14.7. The van der Waals surface area contributed by atoms with Crippen LogP contribution >= 0.6 is 0 Å². The summed E-state index contributed by atoms with van der Waals surface area (Å²) >= 11 is 0. The Bertz CT molecular complexity index is 571. The Morgan fingerprint density at radius 3 is 2.57 bits per heavy atom. The van der Waals surface area contributed by atoms with Gasteiger partial charge in [-0.2, -0.15) is 0 Å². The lowest BCUT2D eigenvalue weighted by atomic mass is 9.84. The largest absolute Gasteiger partial charge is 0.481 e. The normalized spacial score (nSPS) is 31.7. The maximum absolute atomic E-state index is 12.7. The molecule has 2 fully saturated rings. The van der Waals surface area contributed by atoms with E-state index in [4.69, 9.17) is 4.74 Å². The van der Waals surface area contributed by atoms with Gasteiger partial charge in [0.15, 0.2) is 5.78 Å². The quantitative estimate of drug-likeness (QED) is 0.806. The predicted octanol–water partition coefficient (Wildman–Crippen LogP) is 2.66. The zero-order valence-electron chi connectivity index (χ0n) is 12.5. The van der Waals surface area contributed by atoms with E-state index in [0.717, 1.165) is 37.7 Å². The number of ketones is 1. The minimum Gasteiger partial charge on any atom is -0.481 e. The number of pyridine rings is 1. The van der Waals surface area contributed by atoms with Crippen molar-refractivity contribution in [2.24, 2.45) is 5.92 Å². The van der Waals surface area contributed by atoms with Crippen LogP contribution in [0.15, 0.2) is 12.3 Å². The Kier molecular flexibility index (Phi) is 4.11. The van der Waals surface area contributed by atoms with Gasteiger partial charge in [-0.3, -0.25) is 9.00 Å². The molecule has 4 nitrogen and oxygen atoms in total. The van der Waals surface area contributed by atoms with E-state index in [1.165, 1.54) is 0 Å². The molecular weight excluding hydrogens is 286 g/mol. The van der Waals surface area contributed by atoms with Gasteiger partial charge in [-0.25, -0.2) is 4.98 Å². The molecule has 1 aromatic rings. The van der Waals surface area contributed by atoms with Crippen molar-refractivity contribution in [3.05, 3.63) is 23.4 Å². The Morgan fingerprint density at radius 2 is 2.00 bits per heavy atom. The van der Waals surface area contributed by atoms with E-state index >= 15 is 0 Å². The van der Waals surface area contributed by atoms with Gasteiger partial charge in [-0.05, 0) is 38.7 Å². The first-order chi connectivity index (χ1) is 10.1. The molecule has 2 bridgehead atoms. The number of aromatic nitrogens is 1. The number of hydrogen-bond donors (Lipinski definition) is 0. The lowest BCUT2D eigenvalue weighted by Crippen LogP contribution is -2.41. The summed E-state index contributed by atoms with van der Waals surface area (Å²) in [5, 5.41) is 0.442. The lowest BCUT2D eigenvalue weighted by Gasteiger charge is -2.37. The third-order valence-electron chi connectivity index (χ3n) is 4.68. The molecule has 0 saturated carbocycles. The number of fused-ring (bicyclic) bond motifs is 2. The number of nitrogens with zero attached hydrogens (tertiary/aromatic N) is 1.